The smallest absolute Gasteiger partial charge is 0.207 e. The fourth-order valence-corrected chi connectivity index (χ4v) is 1.99. The lowest BCUT2D eigenvalue weighted by molar-refractivity contribution is 0.0398. The van der Waals surface area contributed by atoms with Gasteiger partial charge in [-0.2, -0.15) is 0 Å². The minimum atomic E-state index is 0.504. The molecule has 2 heterocycles. The first kappa shape index (κ1) is 10.6. The van der Waals surface area contributed by atoms with Gasteiger partial charge in [0.15, 0.2) is 0 Å². The molecule has 84 valence electrons. The second-order valence-corrected chi connectivity index (χ2v) is 4.34. The van der Waals surface area contributed by atoms with Gasteiger partial charge in [0.1, 0.15) is 0 Å². The van der Waals surface area contributed by atoms with Gasteiger partial charge in [-0.25, -0.2) is 0 Å². The third-order valence-corrected chi connectivity index (χ3v) is 2.96. The monoisotopic (exact) mass is 229 g/mol. The maximum atomic E-state index is 5.47. The van der Waals surface area contributed by atoms with Crippen LogP contribution >= 0.6 is 11.3 Å². The predicted octanol–water partition coefficient (Wildman–Crippen LogP) is -0.136. The van der Waals surface area contributed by atoms with E-state index < -0.39 is 0 Å². The van der Waals surface area contributed by atoms with E-state index in [1.807, 2.05) is 0 Å². The van der Waals surface area contributed by atoms with Gasteiger partial charge in [0.2, 0.25) is 10.3 Å². The zero-order valence-corrected chi connectivity index (χ0v) is 9.29. The zero-order valence-electron chi connectivity index (χ0n) is 8.48. The van der Waals surface area contributed by atoms with Crippen LogP contribution in [0.4, 0.5) is 10.3 Å². The molecule has 0 bridgehead atoms. The van der Waals surface area contributed by atoms with E-state index >= 15 is 0 Å². The van der Waals surface area contributed by atoms with Gasteiger partial charge in [-0.15, -0.1) is 10.2 Å². The van der Waals surface area contributed by atoms with Gasteiger partial charge >= 0.3 is 0 Å². The van der Waals surface area contributed by atoms with Gasteiger partial charge < -0.3 is 15.8 Å². The van der Waals surface area contributed by atoms with Crippen molar-refractivity contribution in [1.82, 2.24) is 15.1 Å². The number of nitrogens with one attached hydrogen (secondary N) is 1. The molecule has 0 saturated carbocycles. The van der Waals surface area contributed by atoms with E-state index in [-0.39, 0.29) is 0 Å². The molecule has 1 aliphatic rings. The number of nitrogens with two attached hydrogens (primary N) is 1. The lowest BCUT2D eigenvalue weighted by Gasteiger charge is -2.26. The first-order valence-electron chi connectivity index (χ1n) is 4.97. The van der Waals surface area contributed by atoms with Crippen LogP contribution in [0.1, 0.15) is 0 Å². The number of anilines is 2. The molecule has 0 aliphatic carbocycles. The molecule has 1 aromatic rings. The molecule has 0 atom stereocenters. The highest BCUT2D eigenvalue weighted by molar-refractivity contribution is 7.18. The number of nitrogen functional groups attached to an aromatic ring is 1. The van der Waals surface area contributed by atoms with Crippen molar-refractivity contribution >= 4 is 21.6 Å². The molecule has 1 saturated heterocycles. The fourth-order valence-electron chi connectivity index (χ4n) is 1.45. The minimum Gasteiger partial charge on any atom is -0.379 e. The van der Waals surface area contributed by atoms with Crippen LogP contribution in [0.5, 0.6) is 0 Å². The van der Waals surface area contributed by atoms with E-state index in [9.17, 15) is 0 Å². The van der Waals surface area contributed by atoms with E-state index in [1.165, 1.54) is 11.3 Å². The first-order chi connectivity index (χ1) is 7.34. The molecule has 3 N–H and O–H groups in total. The Morgan fingerprint density at radius 3 is 2.87 bits per heavy atom. The average Bonchev–Trinajstić information content (AvgIpc) is 2.66. The fraction of sp³-hybridized carbons (Fsp3) is 0.750. The van der Waals surface area contributed by atoms with E-state index in [4.69, 9.17) is 10.5 Å². The molecule has 1 aromatic heterocycles. The summed E-state index contributed by atoms with van der Waals surface area (Å²) in [4.78, 5) is 2.36. The summed E-state index contributed by atoms with van der Waals surface area (Å²) in [5.41, 5.74) is 5.47. The molecule has 2 rings (SSSR count). The second kappa shape index (κ2) is 5.24. The summed E-state index contributed by atoms with van der Waals surface area (Å²) in [6.07, 6.45) is 0. The quantitative estimate of drug-likeness (QED) is 0.748. The Morgan fingerprint density at radius 1 is 1.40 bits per heavy atom. The third-order valence-electron chi connectivity index (χ3n) is 2.25. The van der Waals surface area contributed by atoms with E-state index in [0.29, 0.717) is 5.13 Å². The molecule has 6 nitrogen and oxygen atoms in total. The van der Waals surface area contributed by atoms with Gasteiger partial charge in [0.05, 0.1) is 13.2 Å². The number of hydrogen-bond acceptors (Lipinski definition) is 7. The molecule has 0 amide bonds. The van der Waals surface area contributed by atoms with Crippen LogP contribution in [0.25, 0.3) is 0 Å². The topological polar surface area (TPSA) is 76.3 Å². The van der Waals surface area contributed by atoms with E-state index in [1.54, 1.807) is 0 Å². The van der Waals surface area contributed by atoms with Crippen molar-refractivity contribution in [2.24, 2.45) is 0 Å². The molecule has 0 spiro atoms. The molecule has 0 unspecified atom stereocenters. The average molecular weight is 229 g/mol. The Hall–Kier alpha value is -0.920. The molecule has 1 aliphatic heterocycles. The van der Waals surface area contributed by atoms with Crippen LogP contribution < -0.4 is 11.1 Å². The SMILES string of the molecule is Nc1nnc(NCCN2CCOCC2)s1. The van der Waals surface area contributed by atoms with E-state index in [0.717, 1.165) is 44.5 Å². The summed E-state index contributed by atoms with van der Waals surface area (Å²) < 4.78 is 5.27. The molecule has 7 heteroatoms. The molecule has 1 fully saturated rings. The Kier molecular flexibility index (Phi) is 3.70. The minimum absolute atomic E-state index is 0.504. The van der Waals surface area contributed by atoms with Crippen LogP contribution in [0.3, 0.4) is 0 Å². The van der Waals surface area contributed by atoms with Crippen molar-refractivity contribution in [3.05, 3.63) is 0 Å². The first-order valence-corrected chi connectivity index (χ1v) is 5.79. The van der Waals surface area contributed by atoms with Crippen molar-refractivity contribution < 1.29 is 4.74 Å². The Labute approximate surface area is 92.4 Å². The van der Waals surface area contributed by atoms with Gasteiger partial charge in [0.25, 0.3) is 0 Å². The van der Waals surface area contributed by atoms with Crippen molar-refractivity contribution in [2.45, 2.75) is 0 Å². The molecule has 0 radical (unpaired) electrons. The number of hydrogen-bond donors (Lipinski definition) is 2. The highest BCUT2D eigenvalue weighted by Gasteiger charge is 2.09. The number of aromatic nitrogens is 2. The van der Waals surface area contributed by atoms with Gasteiger partial charge in [-0.3, -0.25) is 4.90 Å². The lowest BCUT2D eigenvalue weighted by Crippen LogP contribution is -2.38. The summed E-state index contributed by atoms with van der Waals surface area (Å²) in [5, 5.41) is 12.1. The zero-order chi connectivity index (χ0) is 10.5. The van der Waals surface area contributed by atoms with Gasteiger partial charge in [-0.05, 0) is 0 Å². The van der Waals surface area contributed by atoms with Crippen LogP contribution in [0.2, 0.25) is 0 Å². The van der Waals surface area contributed by atoms with Crippen molar-refractivity contribution in [1.29, 1.82) is 0 Å². The predicted molar refractivity (Wildman–Crippen MR) is 60.1 cm³/mol. The van der Waals surface area contributed by atoms with Crippen molar-refractivity contribution in [3.63, 3.8) is 0 Å². The number of rotatable bonds is 4. The highest BCUT2D eigenvalue weighted by Crippen LogP contribution is 2.15. The van der Waals surface area contributed by atoms with Gasteiger partial charge in [0, 0.05) is 26.2 Å². The summed E-state index contributed by atoms with van der Waals surface area (Å²) in [7, 11) is 0. The van der Waals surface area contributed by atoms with Crippen LogP contribution in [-0.4, -0.2) is 54.5 Å². The standard InChI is InChI=1S/C8H15N5OS/c9-7-11-12-8(15-7)10-1-2-13-3-5-14-6-4-13/h1-6H2,(H2,9,11)(H,10,12). The van der Waals surface area contributed by atoms with E-state index in [2.05, 4.69) is 20.4 Å². The second-order valence-electron chi connectivity index (χ2n) is 3.33. The number of nitrogens with zero attached hydrogens (tertiary/aromatic N) is 3. The molecule has 0 aromatic carbocycles. The molecular formula is C8H15N5OS. The maximum Gasteiger partial charge on any atom is 0.207 e. The third kappa shape index (κ3) is 3.29. The van der Waals surface area contributed by atoms with Crippen LogP contribution in [0.15, 0.2) is 0 Å². The number of ether oxygens (including phenoxy) is 1. The summed E-state index contributed by atoms with van der Waals surface area (Å²) in [5.74, 6) is 0. The van der Waals surface area contributed by atoms with Crippen LogP contribution in [-0.2, 0) is 4.74 Å². The lowest BCUT2D eigenvalue weighted by atomic mass is 10.4. The van der Waals surface area contributed by atoms with Crippen molar-refractivity contribution in [2.75, 3.05) is 50.4 Å². The Bertz CT molecular complexity index is 299. The summed E-state index contributed by atoms with van der Waals surface area (Å²) in [6.45, 7) is 5.58. The highest BCUT2D eigenvalue weighted by atomic mass is 32.1. The summed E-state index contributed by atoms with van der Waals surface area (Å²) >= 11 is 1.38. The largest absolute Gasteiger partial charge is 0.379 e. The molecule has 15 heavy (non-hydrogen) atoms. The molecular weight excluding hydrogens is 214 g/mol. The normalized spacial score (nSPS) is 17.9. The maximum absolute atomic E-state index is 5.47. The Morgan fingerprint density at radius 2 is 2.20 bits per heavy atom. The van der Waals surface area contributed by atoms with Crippen molar-refractivity contribution in [3.8, 4) is 0 Å². The Balaban J connectivity index is 1.65. The van der Waals surface area contributed by atoms with Crippen LogP contribution in [0, 0.1) is 0 Å². The summed E-state index contributed by atoms with van der Waals surface area (Å²) in [6, 6.07) is 0. The number of morpholine rings is 1. The van der Waals surface area contributed by atoms with Gasteiger partial charge in [-0.1, -0.05) is 11.3 Å².